The smallest absolute Gasteiger partial charge is 0.185 e. The van der Waals surface area contributed by atoms with E-state index >= 15 is 0 Å². The van der Waals surface area contributed by atoms with Crippen LogP contribution in [0.15, 0.2) is 32.7 Å². The van der Waals surface area contributed by atoms with Crippen LogP contribution in [-0.4, -0.2) is 8.32 Å². The van der Waals surface area contributed by atoms with E-state index in [9.17, 15) is 14.0 Å². The first-order chi connectivity index (χ1) is 14.9. The van der Waals surface area contributed by atoms with Gasteiger partial charge >= 0.3 is 8.32 Å². The first-order valence-corrected chi connectivity index (χ1v) is 16.3. The summed E-state index contributed by atoms with van der Waals surface area (Å²) in [5.41, 5.74) is 6.39. The van der Waals surface area contributed by atoms with E-state index in [1.54, 1.807) is 11.1 Å². The van der Waals surface area contributed by atoms with Gasteiger partial charge in [0.25, 0.3) is 0 Å². The summed E-state index contributed by atoms with van der Waals surface area (Å²) in [6.45, 7) is 2.11. The highest BCUT2D eigenvalue weighted by Crippen LogP contribution is 2.65. The van der Waals surface area contributed by atoms with Crippen molar-refractivity contribution in [2.24, 2.45) is 35.5 Å². The lowest BCUT2D eigenvalue weighted by Crippen LogP contribution is -2.67. The molecule has 0 amide bonds. The fraction of sp³-hybridized carbons (Fsp3) is 0.760. The Morgan fingerprint density at radius 3 is 1.16 bits per heavy atom. The van der Waals surface area contributed by atoms with Crippen molar-refractivity contribution in [3.8, 4) is 0 Å². The second-order valence-electron chi connectivity index (χ2n) is 11.6. The Bertz CT molecular complexity index is 856. The van der Waals surface area contributed by atoms with Crippen molar-refractivity contribution in [1.82, 2.24) is 0 Å². The largest absolute Gasteiger partial charge is 0.455 e. The SMILES string of the molecule is C[Si]1(O[Cl+3]([O-])([O-])[O-])C2=C(C3=C(C4=C1C1CCC4CC1)C1CCC3CC1)C1CCC2CC1. The fourth-order valence-corrected chi connectivity index (χ4v) is 15.8. The van der Waals surface area contributed by atoms with E-state index in [0.29, 0.717) is 35.5 Å². The fourth-order valence-electron chi connectivity index (χ4n) is 9.50. The molecule has 10 rings (SSSR count). The Morgan fingerprint density at radius 2 is 0.839 bits per heavy atom. The molecule has 9 aliphatic carbocycles. The van der Waals surface area contributed by atoms with Gasteiger partial charge in [0.1, 0.15) is 0 Å². The molecule has 0 radical (unpaired) electrons. The average Bonchev–Trinajstić information content (AvgIpc) is 2.90. The minimum absolute atomic E-state index is 0.426. The number of halogens is 1. The van der Waals surface area contributed by atoms with Crippen molar-refractivity contribution in [2.45, 2.75) is 83.6 Å². The van der Waals surface area contributed by atoms with E-state index in [0.717, 1.165) is 25.7 Å². The van der Waals surface area contributed by atoms with E-state index in [4.69, 9.17) is 3.98 Å². The summed E-state index contributed by atoms with van der Waals surface area (Å²) in [5.74, 6) is 3.27. The molecule has 3 saturated carbocycles. The highest BCUT2D eigenvalue weighted by molar-refractivity contribution is 6.86. The Morgan fingerprint density at radius 1 is 0.548 bits per heavy atom. The Balaban J connectivity index is 1.58. The van der Waals surface area contributed by atoms with Gasteiger partial charge in [0.05, 0.1) is 10.2 Å². The van der Waals surface area contributed by atoms with E-state index in [-0.39, 0.29) is 0 Å². The lowest BCUT2D eigenvalue weighted by molar-refractivity contribution is -1.91. The zero-order valence-electron chi connectivity index (χ0n) is 18.5. The molecule has 0 spiro atoms. The number of allylic oxidation sites excluding steroid dienone is 6. The van der Waals surface area contributed by atoms with Gasteiger partial charge in [0.2, 0.25) is 0 Å². The van der Waals surface area contributed by atoms with Crippen molar-refractivity contribution in [3.63, 3.8) is 0 Å². The highest BCUT2D eigenvalue weighted by atomic mass is 35.7. The molecule has 0 saturated heterocycles. The van der Waals surface area contributed by atoms with Gasteiger partial charge in [-0.25, -0.2) is 0 Å². The molecule has 6 bridgehead atoms. The van der Waals surface area contributed by atoms with Crippen LogP contribution in [0.5, 0.6) is 0 Å². The minimum atomic E-state index is -4.43. The molecule has 31 heavy (non-hydrogen) atoms. The minimum Gasteiger partial charge on any atom is -0.185 e. The third kappa shape index (κ3) is 2.68. The van der Waals surface area contributed by atoms with E-state index in [1.807, 2.05) is 0 Å². The Labute approximate surface area is 188 Å². The quantitative estimate of drug-likeness (QED) is 0.593. The van der Waals surface area contributed by atoms with Gasteiger partial charge < -0.3 is 0 Å². The molecule has 1 aliphatic heterocycles. The summed E-state index contributed by atoms with van der Waals surface area (Å²) < 4.78 is 42.5. The van der Waals surface area contributed by atoms with Crippen LogP contribution < -0.4 is 14.0 Å². The van der Waals surface area contributed by atoms with Crippen molar-refractivity contribution >= 4 is 8.32 Å². The predicted octanol–water partition coefficient (Wildman–Crippen LogP) is 2.92. The van der Waals surface area contributed by atoms with Gasteiger partial charge in [-0.3, -0.25) is 0 Å². The molecule has 0 aromatic rings. The zero-order chi connectivity index (χ0) is 21.1. The summed E-state index contributed by atoms with van der Waals surface area (Å²) in [6, 6.07) is 0. The zero-order valence-corrected chi connectivity index (χ0v) is 20.2. The van der Waals surface area contributed by atoms with Crippen molar-refractivity contribution < 1.29 is 28.2 Å². The highest BCUT2D eigenvalue weighted by Gasteiger charge is 2.64. The molecule has 6 heteroatoms. The number of fused-ring (bicyclic) bond motifs is 6. The van der Waals surface area contributed by atoms with Crippen LogP contribution in [0.2, 0.25) is 6.55 Å². The van der Waals surface area contributed by atoms with Gasteiger partial charge in [-0.15, -0.1) is 0 Å². The summed E-state index contributed by atoms with van der Waals surface area (Å²) in [4.78, 5) is 0. The van der Waals surface area contributed by atoms with Gasteiger partial charge in [-0.2, -0.15) is 14.0 Å². The van der Waals surface area contributed by atoms with Crippen LogP contribution in [0.1, 0.15) is 77.0 Å². The summed E-state index contributed by atoms with van der Waals surface area (Å²) in [7, 11) is -7.50. The number of rotatable bonds is 2. The predicted molar refractivity (Wildman–Crippen MR) is 110 cm³/mol. The maximum absolute atomic E-state index is 12.2. The van der Waals surface area contributed by atoms with Crippen LogP contribution in [0.25, 0.3) is 0 Å². The van der Waals surface area contributed by atoms with Crippen molar-refractivity contribution in [3.05, 3.63) is 32.7 Å². The molecule has 0 N–H and O–H groups in total. The molecule has 3 fully saturated rings. The second kappa shape index (κ2) is 6.58. The molecule has 0 atom stereocenters. The maximum Gasteiger partial charge on any atom is 0.455 e. The topological polar surface area (TPSA) is 78.4 Å². The second-order valence-corrected chi connectivity index (χ2v) is 16.1. The average molecular weight is 461 g/mol. The Kier molecular flexibility index (Phi) is 4.24. The van der Waals surface area contributed by atoms with Gasteiger partial charge in [-0.1, -0.05) is 0 Å². The monoisotopic (exact) mass is 460 g/mol. The van der Waals surface area contributed by atoms with Crippen molar-refractivity contribution in [2.75, 3.05) is 0 Å². The molecule has 4 nitrogen and oxygen atoms in total. The first kappa shape index (κ1) is 20.0. The van der Waals surface area contributed by atoms with Gasteiger partial charge in [0.15, 0.2) is 0 Å². The van der Waals surface area contributed by atoms with E-state index < -0.39 is 18.6 Å². The first-order valence-electron chi connectivity index (χ1n) is 12.7. The maximum atomic E-state index is 12.2. The van der Waals surface area contributed by atoms with Crippen LogP contribution in [-0.2, 0) is 3.98 Å². The van der Waals surface area contributed by atoms with Crippen LogP contribution >= 0.6 is 0 Å². The summed E-state index contributed by atoms with van der Waals surface area (Å²) >= 11 is 0. The van der Waals surface area contributed by atoms with Gasteiger partial charge in [0, 0.05) is 0 Å². The van der Waals surface area contributed by atoms with Gasteiger partial charge in [-0.05, 0) is 156 Å². The number of hydrogen-bond acceptors (Lipinski definition) is 4. The molecule has 1 heterocycles. The summed E-state index contributed by atoms with van der Waals surface area (Å²) in [6.07, 6.45) is 14.7. The van der Waals surface area contributed by atoms with Crippen LogP contribution in [0.3, 0.4) is 0 Å². The molecule has 168 valence electrons. The van der Waals surface area contributed by atoms with E-state index in [1.165, 1.54) is 72.9 Å². The molecule has 10 aliphatic rings. The molecule has 0 aromatic heterocycles. The molecule has 0 unspecified atom stereocenters. The van der Waals surface area contributed by atoms with E-state index in [2.05, 4.69) is 6.55 Å². The normalized spacial score (nSPS) is 45.7. The molecule has 0 aromatic carbocycles. The Hall–Kier alpha value is -0.433. The standard InChI is InChI=1S/C25H33ClO4Si/c1-31(30-26(27,28)29)24-18-10-6-16(7-11-18)22(24)20-14-2-3-15(5-4-14)21(20)23-17-8-12-19(13-9-17)25(23)31/h14-19H,2-13H2,1H3. The summed E-state index contributed by atoms with van der Waals surface area (Å²) in [5, 5.41) is 2.72. The van der Waals surface area contributed by atoms with Crippen molar-refractivity contribution in [1.29, 1.82) is 0 Å². The lowest BCUT2D eigenvalue weighted by atomic mass is 9.56. The third-order valence-electron chi connectivity index (χ3n) is 10.4. The molecular formula is C25H33ClO4Si. The van der Waals surface area contributed by atoms with Crippen LogP contribution in [0, 0.1) is 45.8 Å². The lowest BCUT2D eigenvalue weighted by Gasteiger charge is -2.48. The third-order valence-corrected chi connectivity index (χ3v) is 15.8. The molecular weight excluding hydrogens is 428 g/mol. The number of hydrogen-bond donors (Lipinski definition) is 0. The van der Waals surface area contributed by atoms with Crippen LogP contribution in [0.4, 0.5) is 0 Å².